The first-order chi connectivity index (χ1) is 8.75. The van der Waals surface area contributed by atoms with Gasteiger partial charge in [0.1, 0.15) is 0 Å². The van der Waals surface area contributed by atoms with Crippen molar-refractivity contribution in [2.75, 3.05) is 26.2 Å². The Kier molecular flexibility index (Phi) is 5.97. The molecule has 2 fully saturated rings. The molecule has 1 heterocycles. The minimum absolute atomic E-state index is 0.844. The van der Waals surface area contributed by atoms with Gasteiger partial charge >= 0.3 is 0 Å². The minimum Gasteiger partial charge on any atom is -0.314 e. The van der Waals surface area contributed by atoms with Gasteiger partial charge < -0.3 is 10.2 Å². The molecule has 18 heavy (non-hydrogen) atoms. The summed E-state index contributed by atoms with van der Waals surface area (Å²) in [5.74, 6) is 1.87. The quantitative estimate of drug-likeness (QED) is 0.730. The lowest BCUT2D eigenvalue weighted by atomic mass is 9.87. The standard InChI is InChI=1S/C16H32N2/c1-14(2)15-8-12-18(13-9-15)11-5-10-17-16-6-3-4-7-16/h14-17H,3-13H2,1-2H3. The second-order valence-electron chi connectivity index (χ2n) is 6.71. The van der Waals surface area contributed by atoms with Gasteiger partial charge in [0.25, 0.3) is 0 Å². The van der Waals surface area contributed by atoms with E-state index in [9.17, 15) is 0 Å². The zero-order valence-electron chi connectivity index (χ0n) is 12.5. The van der Waals surface area contributed by atoms with Crippen LogP contribution in [0.15, 0.2) is 0 Å². The third-order valence-corrected chi connectivity index (χ3v) is 5.01. The largest absolute Gasteiger partial charge is 0.314 e. The van der Waals surface area contributed by atoms with Crippen LogP contribution < -0.4 is 5.32 Å². The van der Waals surface area contributed by atoms with Crippen LogP contribution in [-0.4, -0.2) is 37.1 Å². The molecule has 2 nitrogen and oxygen atoms in total. The van der Waals surface area contributed by atoms with Gasteiger partial charge in [-0.05, 0) is 70.1 Å². The van der Waals surface area contributed by atoms with Crippen LogP contribution in [0.2, 0.25) is 0 Å². The summed E-state index contributed by atoms with van der Waals surface area (Å²) in [6.45, 7) is 9.98. The third kappa shape index (κ3) is 4.55. The predicted molar refractivity (Wildman–Crippen MR) is 78.9 cm³/mol. The third-order valence-electron chi connectivity index (χ3n) is 5.01. The topological polar surface area (TPSA) is 15.3 Å². The lowest BCUT2D eigenvalue weighted by molar-refractivity contribution is 0.156. The zero-order chi connectivity index (χ0) is 12.8. The Balaban J connectivity index is 1.50. The maximum atomic E-state index is 3.72. The van der Waals surface area contributed by atoms with E-state index in [1.54, 1.807) is 0 Å². The van der Waals surface area contributed by atoms with Crippen LogP contribution in [0.3, 0.4) is 0 Å². The van der Waals surface area contributed by atoms with E-state index in [4.69, 9.17) is 0 Å². The molecule has 1 saturated heterocycles. The molecule has 1 N–H and O–H groups in total. The molecule has 0 aromatic rings. The van der Waals surface area contributed by atoms with Crippen LogP contribution in [0.1, 0.15) is 58.8 Å². The van der Waals surface area contributed by atoms with Crippen molar-refractivity contribution >= 4 is 0 Å². The lowest BCUT2D eigenvalue weighted by Gasteiger charge is -2.33. The molecule has 0 radical (unpaired) electrons. The Morgan fingerprint density at radius 3 is 2.33 bits per heavy atom. The van der Waals surface area contributed by atoms with Crippen LogP contribution in [0, 0.1) is 11.8 Å². The van der Waals surface area contributed by atoms with Gasteiger partial charge in [-0.15, -0.1) is 0 Å². The highest BCUT2D eigenvalue weighted by atomic mass is 15.1. The summed E-state index contributed by atoms with van der Waals surface area (Å²) in [4.78, 5) is 2.68. The molecule has 0 amide bonds. The molecule has 106 valence electrons. The first-order valence-electron chi connectivity index (χ1n) is 8.21. The van der Waals surface area contributed by atoms with Gasteiger partial charge in [0.05, 0.1) is 0 Å². The first kappa shape index (κ1) is 14.3. The van der Waals surface area contributed by atoms with Gasteiger partial charge in [-0.25, -0.2) is 0 Å². The molecule has 1 aliphatic carbocycles. The number of rotatable bonds is 6. The van der Waals surface area contributed by atoms with Gasteiger partial charge in [0, 0.05) is 6.04 Å². The number of nitrogens with one attached hydrogen (secondary N) is 1. The Hall–Kier alpha value is -0.0800. The Labute approximate surface area is 114 Å². The van der Waals surface area contributed by atoms with Gasteiger partial charge in [-0.1, -0.05) is 26.7 Å². The van der Waals surface area contributed by atoms with Crippen molar-refractivity contribution in [1.29, 1.82) is 0 Å². The molecule has 1 aliphatic heterocycles. The van der Waals surface area contributed by atoms with Crippen molar-refractivity contribution in [3.63, 3.8) is 0 Å². The monoisotopic (exact) mass is 252 g/mol. The molecule has 0 aromatic carbocycles. The fourth-order valence-electron chi connectivity index (χ4n) is 3.58. The highest BCUT2D eigenvalue weighted by molar-refractivity contribution is 4.76. The molecule has 2 aliphatic rings. The van der Waals surface area contributed by atoms with E-state index in [2.05, 4.69) is 24.1 Å². The minimum atomic E-state index is 0.844. The summed E-state index contributed by atoms with van der Waals surface area (Å²) >= 11 is 0. The molecule has 0 bridgehead atoms. The van der Waals surface area contributed by atoms with Crippen molar-refractivity contribution in [3.8, 4) is 0 Å². The van der Waals surface area contributed by atoms with E-state index in [0.717, 1.165) is 17.9 Å². The molecule has 2 heteroatoms. The number of piperidine rings is 1. The van der Waals surface area contributed by atoms with Crippen molar-refractivity contribution < 1.29 is 0 Å². The van der Waals surface area contributed by atoms with Crippen LogP contribution >= 0.6 is 0 Å². The van der Waals surface area contributed by atoms with Crippen LogP contribution in [0.25, 0.3) is 0 Å². The average Bonchev–Trinajstić information content (AvgIpc) is 2.88. The van der Waals surface area contributed by atoms with Crippen LogP contribution in [0.4, 0.5) is 0 Å². The first-order valence-corrected chi connectivity index (χ1v) is 8.21. The van der Waals surface area contributed by atoms with E-state index >= 15 is 0 Å². The van der Waals surface area contributed by atoms with Gasteiger partial charge in [0.2, 0.25) is 0 Å². The molecule has 0 unspecified atom stereocenters. The molecular formula is C16H32N2. The fourth-order valence-corrected chi connectivity index (χ4v) is 3.58. The van der Waals surface area contributed by atoms with Gasteiger partial charge in [-0.3, -0.25) is 0 Å². The zero-order valence-corrected chi connectivity index (χ0v) is 12.5. The summed E-state index contributed by atoms with van der Waals surface area (Å²) in [5, 5.41) is 3.72. The highest BCUT2D eigenvalue weighted by Gasteiger charge is 2.21. The van der Waals surface area contributed by atoms with Crippen LogP contribution in [-0.2, 0) is 0 Å². The molecule has 1 saturated carbocycles. The lowest BCUT2D eigenvalue weighted by Crippen LogP contribution is -2.37. The molecule has 0 atom stereocenters. The number of nitrogens with zero attached hydrogens (tertiary/aromatic N) is 1. The summed E-state index contributed by atoms with van der Waals surface area (Å²) in [5.41, 5.74) is 0. The summed E-state index contributed by atoms with van der Waals surface area (Å²) in [7, 11) is 0. The molecular weight excluding hydrogens is 220 g/mol. The fraction of sp³-hybridized carbons (Fsp3) is 1.00. The normalized spacial score (nSPS) is 24.2. The summed E-state index contributed by atoms with van der Waals surface area (Å²) in [6, 6.07) is 0.844. The predicted octanol–water partition coefficient (Wildman–Crippen LogP) is 3.28. The van der Waals surface area contributed by atoms with E-state index in [1.165, 1.54) is 71.1 Å². The number of hydrogen-bond acceptors (Lipinski definition) is 2. The van der Waals surface area contributed by atoms with E-state index in [-0.39, 0.29) is 0 Å². The average molecular weight is 252 g/mol. The summed E-state index contributed by atoms with van der Waals surface area (Å²) < 4.78 is 0. The molecule has 0 spiro atoms. The number of hydrogen-bond donors (Lipinski definition) is 1. The maximum Gasteiger partial charge on any atom is 0.00670 e. The van der Waals surface area contributed by atoms with E-state index < -0.39 is 0 Å². The van der Waals surface area contributed by atoms with E-state index in [0.29, 0.717) is 0 Å². The van der Waals surface area contributed by atoms with Crippen molar-refractivity contribution in [2.24, 2.45) is 11.8 Å². The molecule has 2 rings (SSSR count). The highest BCUT2D eigenvalue weighted by Crippen LogP contribution is 2.24. The Bertz CT molecular complexity index is 213. The SMILES string of the molecule is CC(C)C1CCN(CCCNC2CCCC2)CC1. The Morgan fingerprint density at radius 2 is 1.72 bits per heavy atom. The van der Waals surface area contributed by atoms with Gasteiger partial charge in [0.15, 0.2) is 0 Å². The summed E-state index contributed by atoms with van der Waals surface area (Å²) in [6.07, 6.45) is 9.91. The second-order valence-corrected chi connectivity index (χ2v) is 6.71. The van der Waals surface area contributed by atoms with E-state index in [1.807, 2.05) is 0 Å². The number of likely N-dealkylation sites (tertiary alicyclic amines) is 1. The van der Waals surface area contributed by atoms with Crippen molar-refractivity contribution in [2.45, 2.75) is 64.8 Å². The molecule has 0 aromatic heterocycles. The Morgan fingerprint density at radius 1 is 1.06 bits per heavy atom. The smallest absolute Gasteiger partial charge is 0.00670 e. The van der Waals surface area contributed by atoms with Crippen LogP contribution in [0.5, 0.6) is 0 Å². The maximum absolute atomic E-state index is 3.72. The van der Waals surface area contributed by atoms with Crippen molar-refractivity contribution in [3.05, 3.63) is 0 Å². The van der Waals surface area contributed by atoms with Crippen molar-refractivity contribution in [1.82, 2.24) is 10.2 Å². The second kappa shape index (κ2) is 7.49. The van der Waals surface area contributed by atoms with Gasteiger partial charge in [-0.2, -0.15) is 0 Å².